The molecular formula is C15H14N2O3. The number of hydrogen-bond donors (Lipinski definition) is 1. The van der Waals surface area contributed by atoms with Crippen LogP contribution in [0, 0.1) is 13.8 Å². The molecule has 1 N–H and O–H groups in total. The van der Waals surface area contributed by atoms with Crippen molar-refractivity contribution in [3.8, 4) is 11.8 Å². The van der Waals surface area contributed by atoms with E-state index in [0.717, 1.165) is 17.2 Å². The predicted octanol–water partition coefficient (Wildman–Crippen LogP) is 2.98. The predicted molar refractivity (Wildman–Crippen MR) is 74.7 cm³/mol. The Labute approximate surface area is 116 Å². The van der Waals surface area contributed by atoms with Crippen LogP contribution in [-0.2, 0) is 4.79 Å². The van der Waals surface area contributed by atoms with Gasteiger partial charge in [-0.15, -0.1) is 0 Å². The van der Waals surface area contributed by atoms with Gasteiger partial charge in [-0.3, -0.25) is 0 Å². The Hall–Kier alpha value is -2.69. The summed E-state index contributed by atoms with van der Waals surface area (Å²) >= 11 is 0. The van der Waals surface area contributed by atoms with Crippen LogP contribution >= 0.6 is 0 Å². The molecule has 0 amide bonds. The number of carboxylic acids is 1. The highest BCUT2D eigenvalue weighted by atomic mass is 16.5. The van der Waals surface area contributed by atoms with E-state index in [9.17, 15) is 4.79 Å². The van der Waals surface area contributed by atoms with Gasteiger partial charge in [-0.2, -0.15) is 0 Å². The normalized spacial score (nSPS) is 10.7. The molecule has 1 aromatic heterocycles. The highest BCUT2D eigenvalue weighted by Crippen LogP contribution is 2.23. The fourth-order valence-electron chi connectivity index (χ4n) is 1.55. The van der Waals surface area contributed by atoms with Gasteiger partial charge in [-0.05, 0) is 37.1 Å². The first-order chi connectivity index (χ1) is 9.54. The van der Waals surface area contributed by atoms with E-state index < -0.39 is 5.97 Å². The Morgan fingerprint density at radius 1 is 1.25 bits per heavy atom. The van der Waals surface area contributed by atoms with Crippen molar-refractivity contribution < 1.29 is 14.6 Å². The molecule has 0 aliphatic carbocycles. The van der Waals surface area contributed by atoms with Crippen molar-refractivity contribution in [2.24, 2.45) is 0 Å². The summed E-state index contributed by atoms with van der Waals surface area (Å²) in [6.07, 6.45) is 5.47. The summed E-state index contributed by atoms with van der Waals surface area (Å²) in [5.74, 6) is -0.306. The van der Waals surface area contributed by atoms with Crippen LogP contribution in [0.3, 0.4) is 0 Å². The lowest BCUT2D eigenvalue weighted by atomic mass is 10.1. The van der Waals surface area contributed by atoms with Gasteiger partial charge in [-0.25, -0.2) is 14.8 Å². The Balaban J connectivity index is 2.14. The standard InChI is InChI=1S/C15H14N2O3/c1-10-3-4-11(2)13(7-10)20-15-16-8-12(9-17-15)5-6-14(18)19/h3-9H,1-2H3,(H,18,19)/b6-5+. The number of aromatic nitrogens is 2. The first kappa shape index (κ1) is 13.7. The second-order valence-electron chi connectivity index (χ2n) is 4.34. The molecule has 0 fully saturated rings. The summed E-state index contributed by atoms with van der Waals surface area (Å²) in [6, 6.07) is 6.11. The minimum atomic E-state index is -1.01. The molecule has 2 rings (SSSR count). The van der Waals surface area contributed by atoms with E-state index in [1.807, 2.05) is 32.0 Å². The molecule has 1 heterocycles. The summed E-state index contributed by atoms with van der Waals surface area (Å²) in [5, 5.41) is 8.53. The Kier molecular flexibility index (Phi) is 4.10. The van der Waals surface area contributed by atoms with E-state index in [4.69, 9.17) is 9.84 Å². The maximum Gasteiger partial charge on any atom is 0.328 e. The first-order valence-electron chi connectivity index (χ1n) is 6.03. The quantitative estimate of drug-likeness (QED) is 0.865. The lowest BCUT2D eigenvalue weighted by Gasteiger charge is -2.07. The smallest absolute Gasteiger partial charge is 0.328 e. The number of aryl methyl sites for hydroxylation is 2. The van der Waals surface area contributed by atoms with Crippen LogP contribution in [0.15, 0.2) is 36.7 Å². The Bertz CT molecular complexity index is 649. The molecule has 0 aliphatic heterocycles. The fraction of sp³-hybridized carbons (Fsp3) is 0.133. The highest BCUT2D eigenvalue weighted by Gasteiger charge is 2.04. The molecule has 2 aromatic rings. The van der Waals surface area contributed by atoms with Crippen molar-refractivity contribution in [2.45, 2.75) is 13.8 Å². The van der Waals surface area contributed by atoms with E-state index in [1.54, 1.807) is 0 Å². The number of aliphatic carboxylic acids is 1. The number of rotatable bonds is 4. The average molecular weight is 270 g/mol. The highest BCUT2D eigenvalue weighted by molar-refractivity contribution is 5.85. The maximum absolute atomic E-state index is 10.4. The van der Waals surface area contributed by atoms with Crippen molar-refractivity contribution in [3.05, 3.63) is 53.4 Å². The summed E-state index contributed by atoms with van der Waals surface area (Å²) in [6.45, 7) is 3.92. The monoisotopic (exact) mass is 270 g/mol. The average Bonchev–Trinajstić information content (AvgIpc) is 2.42. The molecule has 102 valence electrons. The van der Waals surface area contributed by atoms with Gasteiger partial charge in [0.15, 0.2) is 0 Å². The zero-order valence-corrected chi connectivity index (χ0v) is 11.2. The van der Waals surface area contributed by atoms with Crippen molar-refractivity contribution in [1.29, 1.82) is 0 Å². The van der Waals surface area contributed by atoms with Gasteiger partial charge in [0.05, 0.1) is 0 Å². The molecule has 0 aliphatic rings. The van der Waals surface area contributed by atoms with Gasteiger partial charge in [0.25, 0.3) is 0 Å². The third-order valence-corrected chi connectivity index (χ3v) is 2.61. The van der Waals surface area contributed by atoms with Crippen molar-refractivity contribution >= 4 is 12.0 Å². The second-order valence-corrected chi connectivity index (χ2v) is 4.34. The summed E-state index contributed by atoms with van der Waals surface area (Å²) in [5.41, 5.74) is 2.68. The van der Waals surface area contributed by atoms with E-state index in [0.29, 0.717) is 11.3 Å². The molecule has 0 atom stereocenters. The van der Waals surface area contributed by atoms with Crippen LogP contribution in [-0.4, -0.2) is 21.0 Å². The molecule has 0 bridgehead atoms. The lowest BCUT2D eigenvalue weighted by Crippen LogP contribution is -1.94. The van der Waals surface area contributed by atoms with Gasteiger partial charge in [0.2, 0.25) is 0 Å². The fourth-order valence-corrected chi connectivity index (χ4v) is 1.55. The SMILES string of the molecule is Cc1ccc(C)c(Oc2ncc(/C=C/C(=O)O)cn2)c1. The Morgan fingerprint density at radius 2 is 1.95 bits per heavy atom. The molecule has 0 radical (unpaired) electrons. The first-order valence-corrected chi connectivity index (χ1v) is 6.03. The zero-order chi connectivity index (χ0) is 14.5. The molecule has 0 unspecified atom stereocenters. The van der Waals surface area contributed by atoms with Crippen molar-refractivity contribution in [3.63, 3.8) is 0 Å². The third-order valence-electron chi connectivity index (χ3n) is 2.61. The number of carboxylic acid groups (broad SMARTS) is 1. The molecule has 0 spiro atoms. The van der Waals surface area contributed by atoms with E-state index >= 15 is 0 Å². The molecule has 0 saturated carbocycles. The number of carbonyl (C=O) groups is 1. The summed E-state index contributed by atoms with van der Waals surface area (Å²) in [4.78, 5) is 18.5. The largest absolute Gasteiger partial charge is 0.478 e. The summed E-state index contributed by atoms with van der Waals surface area (Å²) in [7, 11) is 0. The van der Waals surface area contributed by atoms with Crippen LogP contribution in [0.1, 0.15) is 16.7 Å². The molecule has 1 aromatic carbocycles. The van der Waals surface area contributed by atoms with E-state index in [1.165, 1.54) is 18.5 Å². The molecule has 20 heavy (non-hydrogen) atoms. The van der Waals surface area contributed by atoms with Crippen LogP contribution in [0.25, 0.3) is 6.08 Å². The van der Waals surface area contributed by atoms with Crippen LogP contribution in [0.4, 0.5) is 0 Å². The van der Waals surface area contributed by atoms with Gasteiger partial charge >= 0.3 is 12.0 Å². The Morgan fingerprint density at radius 3 is 2.60 bits per heavy atom. The molecule has 5 nitrogen and oxygen atoms in total. The van der Waals surface area contributed by atoms with Crippen LogP contribution in [0.2, 0.25) is 0 Å². The number of hydrogen-bond acceptors (Lipinski definition) is 4. The zero-order valence-electron chi connectivity index (χ0n) is 11.2. The van der Waals surface area contributed by atoms with E-state index in [-0.39, 0.29) is 6.01 Å². The van der Waals surface area contributed by atoms with Crippen LogP contribution in [0.5, 0.6) is 11.8 Å². The van der Waals surface area contributed by atoms with Gasteiger partial charge in [0.1, 0.15) is 5.75 Å². The van der Waals surface area contributed by atoms with Gasteiger partial charge in [0, 0.05) is 24.0 Å². The van der Waals surface area contributed by atoms with Crippen molar-refractivity contribution in [2.75, 3.05) is 0 Å². The number of ether oxygens (including phenoxy) is 1. The molecule has 5 heteroatoms. The maximum atomic E-state index is 10.4. The van der Waals surface area contributed by atoms with Crippen LogP contribution < -0.4 is 4.74 Å². The summed E-state index contributed by atoms with van der Waals surface area (Å²) < 4.78 is 5.61. The molecular weight excluding hydrogens is 256 g/mol. The van der Waals surface area contributed by atoms with Gasteiger partial charge < -0.3 is 9.84 Å². The lowest BCUT2D eigenvalue weighted by molar-refractivity contribution is -0.131. The molecule has 0 saturated heterocycles. The minimum Gasteiger partial charge on any atom is -0.478 e. The third kappa shape index (κ3) is 3.65. The van der Waals surface area contributed by atoms with Crippen molar-refractivity contribution in [1.82, 2.24) is 9.97 Å². The van der Waals surface area contributed by atoms with Gasteiger partial charge in [-0.1, -0.05) is 12.1 Å². The second kappa shape index (κ2) is 5.97. The van der Waals surface area contributed by atoms with E-state index in [2.05, 4.69) is 9.97 Å². The number of benzene rings is 1. The minimum absolute atomic E-state index is 0.228. The number of nitrogens with zero attached hydrogens (tertiary/aromatic N) is 2. The topological polar surface area (TPSA) is 72.3 Å².